The third-order valence-corrected chi connectivity index (χ3v) is 6.13. The van der Waals surface area contributed by atoms with Crippen LogP contribution in [0.25, 0.3) is 0 Å². The molecule has 0 spiro atoms. The van der Waals surface area contributed by atoms with Gasteiger partial charge in [-0.25, -0.2) is 0 Å². The molecule has 1 fully saturated rings. The van der Waals surface area contributed by atoms with Crippen molar-refractivity contribution < 1.29 is 24.1 Å². The Morgan fingerprint density at radius 2 is 1.59 bits per heavy atom. The fourth-order valence-corrected chi connectivity index (χ4v) is 4.37. The first kappa shape index (κ1) is 26.3. The van der Waals surface area contributed by atoms with E-state index in [-0.39, 0.29) is 19.0 Å². The van der Waals surface area contributed by atoms with E-state index in [2.05, 4.69) is 40.3 Å². The zero-order valence-corrected chi connectivity index (χ0v) is 20.7. The Bertz CT molecular complexity index is 824. The van der Waals surface area contributed by atoms with Crippen LogP contribution in [0.5, 0.6) is 23.0 Å². The molecular formula is C23H33ClN2O5S. The van der Waals surface area contributed by atoms with Gasteiger partial charge in [-0.1, -0.05) is 12.1 Å². The minimum Gasteiger partial charge on any atom is -0.493 e. The summed E-state index contributed by atoms with van der Waals surface area (Å²) < 4.78 is 21.8. The van der Waals surface area contributed by atoms with Crippen molar-refractivity contribution >= 4 is 29.9 Å². The quantitative estimate of drug-likeness (QED) is 0.515. The van der Waals surface area contributed by atoms with E-state index in [1.54, 1.807) is 45.2 Å². The smallest absolute Gasteiger partial charge is 0.203 e. The normalized spacial score (nSPS) is 15.0. The van der Waals surface area contributed by atoms with Gasteiger partial charge in [0.15, 0.2) is 11.5 Å². The summed E-state index contributed by atoms with van der Waals surface area (Å²) in [6.07, 6.45) is 1.52. The van der Waals surface area contributed by atoms with Gasteiger partial charge in [-0.15, -0.1) is 24.2 Å². The maximum absolute atomic E-state index is 10.5. The number of hydrogen-bond donors (Lipinski definition) is 1. The summed E-state index contributed by atoms with van der Waals surface area (Å²) in [6.45, 7) is 4.46. The van der Waals surface area contributed by atoms with Crippen LogP contribution in [0, 0.1) is 0 Å². The van der Waals surface area contributed by atoms with Gasteiger partial charge in [-0.3, -0.25) is 4.90 Å². The molecule has 2 aromatic carbocycles. The average Bonchev–Trinajstić information content (AvgIpc) is 2.82. The molecule has 0 aromatic heterocycles. The Kier molecular flexibility index (Phi) is 10.6. The summed E-state index contributed by atoms with van der Waals surface area (Å²) in [5, 5.41) is 10.5. The summed E-state index contributed by atoms with van der Waals surface area (Å²) >= 11 is 1.77. The third kappa shape index (κ3) is 6.51. The number of rotatable bonds is 10. The van der Waals surface area contributed by atoms with Gasteiger partial charge in [0.05, 0.1) is 27.0 Å². The Morgan fingerprint density at radius 1 is 0.969 bits per heavy atom. The summed E-state index contributed by atoms with van der Waals surface area (Å²) in [5.74, 6) is 2.12. The Balaban J connectivity index is 0.00000363. The number of methoxy groups -OCH3 is 3. The number of halogens is 1. The van der Waals surface area contributed by atoms with Crippen LogP contribution in [0.4, 0.5) is 5.69 Å². The Morgan fingerprint density at radius 3 is 2.16 bits per heavy atom. The fraction of sp³-hybridized carbons (Fsp3) is 0.478. The molecule has 1 saturated heterocycles. The van der Waals surface area contributed by atoms with Gasteiger partial charge in [0.2, 0.25) is 5.75 Å². The highest BCUT2D eigenvalue weighted by atomic mass is 35.5. The van der Waals surface area contributed by atoms with Crippen molar-refractivity contribution in [1.82, 2.24) is 4.90 Å². The van der Waals surface area contributed by atoms with Crippen LogP contribution in [-0.4, -0.2) is 83.0 Å². The highest BCUT2D eigenvalue weighted by Gasteiger charge is 2.21. The second-order valence-electron chi connectivity index (χ2n) is 7.29. The van der Waals surface area contributed by atoms with Gasteiger partial charge < -0.3 is 29.0 Å². The molecule has 0 radical (unpaired) electrons. The molecule has 32 heavy (non-hydrogen) atoms. The number of aliphatic hydroxyl groups is 1. The Labute approximate surface area is 201 Å². The summed E-state index contributed by atoms with van der Waals surface area (Å²) in [5.41, 5.74) is 1.29. The second kappa shape index (κ2) is 12.9. The predicted octanol–water partition coefficient (Wildman–Crippen LogP) is 3.42. The van der Waals surface area contributed by atoms with Crippen molar-refractivity contribution in [1.29, 1.82) is 0 Å². The molecule has 0 saturated carbocycles. The molecule has 1 aliphatic heterocycles. The number of thioether (sulfide) groups is 1. The van der Waals surface area contributed by atoms with Crippen LogP contribution in [0.1, 0.15) is 0 Å². The van der Waals surface area contributed by atoms with Crippen LogP contribution in [0.3, 0.4) is 0 Å². The molecule has 9 heteroatoms. The van der Waals surface area contributed by atoms with Crippen LogP contribution in [0.2, 0.25) is 0 Å². The molecule has 1 atom stereocenters. The van der Waals surface area contributed by atoms with E-state index in [0.29, 0.717) is 29.5 Å². The van der Waals surface area contributed by atoms with Gasteiger partial charge in [0.1, 0.15) is 18.5 Å². The minimum atomic E-state index is -0.593. The second-order valence-corrected chi connectivity index (χ2v) is 8.13. The monoisotopic (exact) mass is 484 g/mol. The van der Waals surface area contributed by atoms with Crippen molar-refractivity contribution in [2.45, 2.75) is 11.0 Å². The van der Waals surface area contributed by atoms with Gasteiger partial charge in [0, 0.05) is 49.8 Å². The van der Waals surface area contributed by atoms with E-state index in [0.717, 1.165) is 26.2 Å². The molecular weight excluding hydrogens is 452 g/mol. The number of piperazine rings is 1. The SMILES string of the molecule is COc1cc(OCC(O)CN2CCN(c3ccccc3SC)CC2)cc(OC)c1OC.Cl. The Hall–Kier alpha value is -2.00. The van der Waals surface area contributed by atoms with E-state index >= 15 is 0 Å². The summed E-state index contributed by atoms with van der Waals surface area (Å²) in [4.78, 5) is 6.00. The van der Waals surface area contributed by atoms with Gasteiger partial charge in [-0.05, 0) is 18.4 Å². The number of benzene rings is 2. The molecule has 1 heterocycles. The van der Waals surface area contributed by atoms with Crippen LogP contribution in [0.15, 0.2) is 41.3 Å². The molecule has 7 nitrogen and oxygen atoms in total. The van der Waals surface area contributed by atoms with Gasteiger partial charge in [-0.2, -0.15) is 0 Å². The molecule has 1 aliphatic rings. The van der Waals surface area contributed by atoms with Gasteiger partial charge in [0.25, 0.3) is 0 Å². The minimum absolute atomic E-state index is 0. The van der Waals surface area contributed by atoms with E-state index in [9.17, 15) is 5.11 Å². The third-order valence-electron chi connectivity index (χ3n) is 5.35. The molecule has 0 bridgehead atoms. The van der Waals surface area contributed by atoms with Crippen LogP contribution >= 0.6 is 24.2 Å². The lowest BCUT2D eigenvalue weighted by Crippen LogP contribution is -2.49. The molecule has 2 aromatic rings. The first-order valence-corrected chi connectivity index (χ1v) is 11.5. The first-order valence-electron chi connectivity index (χ1n) is 10.3. The van der Waals surface area contributed by atoms with Crippen molar-refractivity contribution in [2.24, 2.45) is 0 Å². The zero-order chi connectivity index (χ0) is 22.2. The first-order chi connectivity index (χ1) is 15.1. The maximum Gasteiger partial charge on any atom is 0.203 e. The molecule has 1 unspecified atom stereocenters. The fourth-order valence-electron chi connectivity index (χ4n) is 3.75. The lowest BCUT2D eigenvalue weighted by atomic mass is 10.2. The lowest BCUT2D eigenvalue weighted by molar-refractivity contribution is 0.0661. The zero-order valence-electron chi connectivity index (χ0n) is 19.1. The predicted molar refractivity (Wildman–Crippen MR) is 132 cm³/mol. The van der Waals surface area contributed by atoms with E-state index in [4.69, 9.17) is 18.9 Å². The lowest BCUT2D eigenvalue weighted by Gasteiger charge is -2.37. The number of para-hydroxylation sites is 1. The molecule has 178 valence electrons. The topological polar surface area (TPSA) is 63.6 Å². The van der Waals surface area contributed by atoms with Crippen molar-refractivity contribution in [3.05, 3.63) is 36.4 Å². The number of nitrogens with zero attached hydrogens (tertiary/aromatic N) is 2. The van der Waals surface area contributed by atoms with E-state index < -0.39 is 6.10 Å². The average molecular weight is 485 g/mol. The van der Waals surface area contributed by atoms with Gasteiger partial charge >= 0.3 is 0 Å². The van der Waals surface area contributed by atoms with Crippen LogP contribution < -0.4 is 23.8 Å². The maximum atomic E-state index is 10.5. The summed E-state index contributed by atoms with van der Waals surface area (Å²) in [7, 11) is 4.68. The summed E-state index contributed by atoms with van der Waals surface area (Å²) in [6, 6.07) is 12.0. The number of anilines is 1. The molecule has 3 rings (SSSR count). The largest absolute Gasteiger partial charge is 0.493 e. The number of β-amino-alcohol motifs (C(OH)–C–C–N with tert-alkyl or cyclic N) is 1. The van der Waals surface area contributed by atoms with Crippen LogP contribution in [-0.2, 0) is 0 Å². The highest BCUT2D eigenvalue weighted by Crippen LogP contribution is 2.40. The number of aliphatic hydroxyl groups excluding tert-OH is 1. The van der Waals surface area contributed by atoms with E-state index in [1.807, 2.05) is 0 Å². The standard InChI is InChI=1S/C23H32N2O5S.ClH/c1-27-20-13-18(14-21(28-2)23(20)29-3)30-16-17(26)15-24-9-11-25(12-10-24)19-7-5-6-8-22(19)31-4;/h5-8,13-14,17,26H,9-12,15-16H2,1-4H3;1H. The van der Waals surface area contributed by atoms with Crippen molar-refractivity contribution in [3.63, 3.8) is 0 Å². The van der Waals surface area contributed by atoms with Crippen molar-refractivity contribution in [2.75, 3.05) is 71.8 Å². The van der Waals surface area contributed by atoms with E-state index in [1.165, 1.54) is 10.6 Å². The molecule has 0 aliphatic carbocycles. The number of hydrogen-bond acceptors (Lipinski definition) is 8. The van der Waals surface area contributed by atoms with Crippen molar-refractivity contribution in [3.8, 4) is 23.0 Å². The number of ether oxygens (including phenoxy) is 4. The molecule has 0 amide bonds. The highest BCUT2D eigenvalue weighted by molar-refractivity contribution is 7.98. The molecule has 1 N–H and O–H groups in total.